The van der Waals surface area contributed by atoms with Gasteiger partial charge in [0.25, 0.3) is 0 Å². The lowest BCUT2D eigenvalue weighted by molar-refractivity contribution is 0.670. The number of aryl methyl sites for hydroxylation is 1. The molecule has 0 saturated carbocycles. The van der Waals surface area contributed by atoms with Gasteiger partial charge in [-0.15, -0.1) is 0 Å². The molecule has 7 aromatic carbocycles. The number of imidazole rings is 1. The van der Waals surface area contributed by atoms with Gasteiger partial charge in [-0.1, -0.05) is 84.9 Å². The molecule has 0 bridgehead atoms. The van der Waals surface area contributed by atoms with E-state index in [9.17, 15) is 0 Å². The summed E-state index contributed by atoms with van der Waals surface area (Å²) in [6.07, 6.45) is 0. The van der Waals surface area contributed by atoms with Gasteiger partial charge in [-0.2, -0.15) is 0 Å². The summed E-state index contributed by atoms with van der Waals surface area (Å²) in [6.45, 7) is 2.13. The molecule has 0 unspecified atom stereocenters. The Kier molecular flexibility index (Phi) is 5.75. The van der Waals surface area contributed by atoms with Crippen LogP contribution in [0.3, 0.4) is 0 Å². The Hall–Kier alpha value is -6.39. The molecule has 0 N–H and O–H groups in total. The number of hydrogen-bond donors (Lipinski definition) is 0. The van der Waals surface area contributed by atoms with Crippen LogP contribution < -0.4 is 0 Å². The molecule has 48 heavy (non-hydrogen) atoms. The van der Waals surface area contributed by atoms with E-state index in [0.29, 0.717) is 0 Å². The molecule has 4 nitrogen and oxygen atoms in total. The molecule has 0 aliphatic heterocycles. The van der Waals surface area contributed by atoms with E-state index in [1.54, 1.807) is 0 Å². The predicted molar refractivity (Wildman–Crippen MR) is 198 cm³/mol. The van der Waals surface area contributed by atoms with Crippen LogP contribution in [0.15, 0.2) is 162 Å². The van der Waals surface area contributed by atoms with E-state index >= 15 is 0 Å². The standard InChI is InChI=1S/C44H29N3O/c1-28-18-24-38-41(26-28)47(31-10-3-2-4-11-31)44(45-38)29-19-22-32(23-20-29)46-39-16-7-5-12-34(39)37-27-30(21-25-40(37)46)33-14-9-15-36-35-13-6-8-17-42(35)48-43(33)36/h2-27H,1H3. The fraction of sp³-hybridized carbons (Fsp3) is 0.0227. The molecule has 0 spiro atoms. The van der Waals surface area contributed by atoms with Crippen molar-refractivity contribution in [2.45, 2.75) is 6.92 Å². The molecule has 0 atom stereocenters. The van der Waals surface area contributed by atoms with Crippen LogP contribution in [0.25, 0.3) is 88.7 Å². The summed E-state index contributed by atoms with van der Waals surface area (Å²) >= 11 is 0. The topological polar surface area (TPSA) is 35.9 Å². The molecule has 0 radical (unpaired) electrons. The van der Waals surface area contributed by atoms with Crippen molar-refractivity contribution in [1.29, 1.82) is 0 Å². The van der Waals surface area contributed by atoms with Crippen LogP contribution in [-0.2, 0) is 0 Å². The van der Waals surface area contributed by atoms with E-state index in [4.69, 9.17) is 9.40 Å². The van der Waals surface area contributed by atoms with Crippen LogP contribution in [0, 0.1) is 6.92 Å². The zero-order chi connectivity index (χ0) is 31.8. The SMILES string of the molecule is Cc1ccc2nc(-c3ccc(-n4c5ccccc5c5cc(-c6cccc7c6oc6ccccc67)ccc54)cc3)n(-c3ccccc3)c2c1. The fourth-order valence-electron chi connectivity index (χ4n) is 7.37. The van der Waals surface area contributed by atoms with Crippen LogP contribution in [0.2, 0.25) is 0 Å². The highest BCUT2D eigenvalue weighted by atomic mass is 16.3. The largest absolute Gasteiger partial charge is 0.455 e. The van der Waals surface area contributed by atoms with Gasteiger partial charge >= 0.3 is 0 Å². The lowest BCUT2D eigenvalue weighted by Crippen LogP contribution is -1.98. The quantitative estimate of drug-likeness (QED) is 0.197. The lowest BCUT2D eigenvalue weighted by Gasteiger charge is -2.12. The number of rotatable bonds is 4. The monoisotopic (exact) mass is 615 g/mol. The summed E-state index contributed by atoms with van der Waals surface area (Å²) in [6, 6.07) is 55.9. The summed E-state index contributed by atoms with van der Waals surface area (Å²) < 4.78 is 11.0. The Labute approximate surface area is 276 Å². The molecule has 0 aliphatic carbocycles. The average molecular weight is 616 g/mol. The average Bonchev–Trinajstić information content (AvgIpc) is 3.81. The van der Waals surface area contributed by atoms with Crippen molar-refractivity contribution in [3.63, 3.8) is 0 Å². The van der Waals surface area contributed by atoms with Crippen molar-refractivity contribution >= 4 is 54.8 Å². The highest BCUT2D eigenvalue weighted by Crippen LogP contribution is 2.39. The molecule has 0 fully saturated rings. The smallest absolute Gasteiger partial charge is 0.145 e. The maximum Gasteiger partial charge on any atom is 0.145 e. The van der Waals surface area contributed by atoms with Crippen molar-refractivity contribution in [2.75, 3.05) is 0 Å². The van der Waals surface area contributed by atoms with E-state index < -0.39 is 0 Å². The second-order valence-electron chi connectivity index (χ2n) is 12.5. The first-order valence-corrected chi connectivity index (χ1v) is 16.3. The van der Waals surface area contributed by atoms with Crippen molar-refractivity contribution < 1.29 is 4.42 Å². The van der Waals surface area contributed by atoms with Crippen molar-refractivity contribution in [3.8, 4) is 33.9 Å². The maximum absolute atomic E-state index is 6.41. The highest BCUT2D eigenvalue weighted by molar-refractivity contribution is 6.13. The minimum Gasteiger partial charge on any atom is -0.455 e. The van der Waals surface area contributed by atoms with E-state index in [2.05, 4.69) is 162 Å². The zero-order valence-electron chi connectivity index (χ0n) is 26.3. The lowest BCUT2D eigenvalue weighted by atomic mass is 10.0. The highest BCUT2D eigenvalue weighted by Gasteiger charge is 2.18. The number of hydrogen-bond acceptors (Lipinski definition) is 2. The number of aromatic nitrogens is 3. The molecule has 0 aliphatic rings. The van der Waals surface area contributed by atoms with Gasteiger partial charge < -0.3 is 8.98 Å². The normalized spacial score (nSPS) is 11.9. The Morgan fingerprint density at radius 3 is 2.06 bits per heavy atom. The van der Waals surface area contributed by atoms with E-state index in [-0.39, 0.29) is 0 Å². The predicted octanol–water partition coefficient (Wildman–Crippen LogP) is 11.7. The molecule has 0 amide bonds. The molecule has 3 heterocycles. The maximum atomic E-state index is 6.41. The third-order valence-corrected chi connectivity index (χ3v) is 9.60. The number of nitrogens with zero attached hydrogens (tertiary/aromatic N) is 3. The summed E-state index contributed by atoms with van der Waals surface area (Å²) in [5, 5.41) is 4.71. The molecule has 0 saturated heterocycles. The van der Waals surface area contributed by atoms with Gasteiger partial charge in [0.05, 0.1) is 22.1 Å². The van der Waals surface area contributed by atoms with Crippen molar-refractivity contribution in [3.05, 3.63) is 163 Å². The van der Waals surface area contributed by atoms with Crippen LogP contribution in [0.1, 0.15) is 5.56 Å². The van der Waals surface area contributed by atoms with Gasteiger partial charge in [0.2, 0.25) is 0 Å². The van der Waals surface area contributed by atoms with Gasteiger partial charge in [0, 0.05) is 44.0 Å². The summed E-state index contributed by atoms with van der Waals surface area (Å²) in [7, 11) is 0. The Bertz CT molecular complexity index is 2830. The molecule has 10 aromatic rings. The fourth-order valence-corrected chi connectivity index (χ4v) is 7.37. The first-order chi connectivity index (χ1) is 23.7. The van der Waals surface area contributed by atoms with Gasteiger partial charge in [-0.3, -0.25) is 4.57 Å². The molecule has 226 valence electrons. The van der Waals surface area contributed by atoms with Gasteiger partial charge in [-0.05, 0) is 90.8 Å². The molecule has 10 rings (SSSR count). The second-order valence-corrected chi connectivity index (χ2v) is 12.5. The molecular weight excluding hydrogens is 587 g/mol. The Morgan fingerprint density at radius 1 is 0.479 bits per heavy atom. The van der Waals surface area contributed by atoms with Crippen LogP contribution in [0.4, 0.5) is 0 Å². The first kappa shape index (κ1) is 26.8. The van der Waals surface area contributed by atoms with E-state index in [0.717, 1.165) is 72.4 Å². The third kappa shape index (κ3) is 3.99. The van der Waals surface area contributed by atoms with Gasteiger partial charge in [-0.25, -0.2) is 4.98 Å². The third-order valence-electron chi connectivity index (χ3n) is 9.60. The number of para-hydroxylation sites is 4. The van der Waals surface area contributed by atoms with Gasteiger partial charge in [0.1, 0.15) is 17.0 Å². The second kappa shape index (κ2) is 10.3. The summed E-state index contributed by atoms with van der Waals surface area (Å²) in [5.41, 5.74) is 13.0. The van der Waals surface area contributed by atoms with Crippen LogP contribution >= 0.6 is 0 Å². The van der Waals surface area contributed by atoms with Crippen LogP contribution in [-0.4, -0.2) is 14.1 Å². The summed E-state index contributed by atoms with van der Waals surface area (Å²) in [4.78, 5) is 5.12. The van der Waals surface area contributed by atoms with Crippen LogP contribution in [0.5, 0.6) is 0 Å². The zero-order valence-corrected chi connectivity index (χ0v) is 26.3. The molecule has 3 aromatic heterocycles. The molecule has 4 heteroatoms. The Balaban J connectivity index is 1.12. The van der Waals surface area contributed by atoms with E-state index in [1.807, 2.05) is 12.1 Å². The van der Waals surface area contributed by atoms with Crippen molar-refractivity contribution in [2.24, 2.45) is 0 Å². The minimum atomic E-state index is 0.913. The van der Waals surface area contributed by atoms with Gasteiger partial charge in [0.15, 0.2) is 0 Å². The number of furan rings is 1. The van der Waals surface area contributed by atoms with E-state index in [1.165, 1.54) is 21.9 Å². The summed E-state index contributed by atoms with van der Waals surface area (Å²) in [5.74, 6) is 0.931. The van der Waals surface area contributed by atoms with Crippen molar-refractivity contribution in [1.82, 2.24) is 14.1 Å². The number of benzene rings is 7. The number of fused-ring (bicyclic) bond motifs is 7. The minimum absolute atomic E-state index is 0.913. The molecular formula is C44H29N3O. The first-order valence-electron chi connectivity index (χ1n) is 16.3. The Morgan fingerprint density at radius 2 is 1.19 bits per heavy atom.